The minimum Gasteiger partial charge on any atom is -0.394 e. The van der Waals surface area contributed by atoms with E-state index in [1.807, 2.05) is 0 Å². The standard InChI is InChI=1S/C8H7ClF4N5S/c9-2-1-19(17-18(15)16-2)8-5(12)3(10)7(14)4(11)6(8)13/h1,16-17H,14-15H2/q+1. The van der Waals surface area contributed by atoms with Crippen molar-refractivity contribution in [3.05, 3.63) is 33.8 Å². The highest BCUT2D eigenvalue weighted by molar-refractivity contribution is 7.33. The van der Waals surface area contributed by atoms with Crippen LogP contribution in [0.15, 0.2) is 5.38 Å². The van der Waals surface area contributed by atoms with Gasteiger partial charge >= 0.3 is 0 Å². The average molecular weight is 317 g/mol. The molecule has 0 aliphatic heterocycles. The molecule has 0 saturated heterocycles. The average Bonchev–Trinajstić information content (AvgIpc) is 2.33. The largest absolute Gasteiger partial charge is 0.394 e. The third-order valence-corrected chi connectivity index (χ3v) is 4.11. The molecule has 5 nitrogen and oxygen atoms in total. The lowest BCUT2D eigenvalue weighted by atomic mass is 10.2. The summed E-state index contributed by atoms with van der Waals surface area (Å²) >= 11 is 5.61. The fraction of sp³-hybridized carbons (Fsp3) is 0. The molecule has 11 heteroatoms. The highest BCUT2D eigenvalue weighted by Crippen LogP contribution is 2.37. The maximum Gasteiger partial charge on any atom is 0.279 e. The number of halogens is 5. The zero-order valence-electron chi connectivity index (χ0n) is 8.98. The minimum atomic E-state index is -1.67. The van der Waals surface area contributed by atoms with E-state index in [1.54, 1.807) is 0 Å². The molecule has 0 amide bonds. The van der Waals surface area contributed by atoms with Crippen LogP contribution in [0.1, 0.15) is 0 Å². The van der Waals surface area contributed by atoms with Gasteiger partial charge in [0.25, 0.3) is 4.90 Å². The molecule has 0 radical (unpaired) electrons. The minimum absolute atomic E-state index is 0.0685. The second kappa shape index (κ2) is 4.70. The van der Waals surface area contributed by atoms with Crippen LogP contribution in [0.25, 0.3) is 4.90 Å². The number of H-pyrrole nitrogens is 2. The van der Waals surface area contributed by atoms with Crippen LogP contribution in [0, 0.1) is 23.3 Å². The summed E-state index contributed by atoms with van der Waals surface area (Å²) in [5, 5.41) is 3.38. The number of rotatable bonds is 1. The molecule has 19 heavy (non-hydrogen) atoms. The summed E-state index contributed by atoms with van der Waals surface area (Å²) in [6.07, 6.45) is 0. The van der Waals surface area contributed by atoms with Crippen LogP contribution in [0.5, 0.6) is 0 Å². The molecule has 1 unspecified atom stereocenters. The molecule has 0 aliphatic carbocycles. The molecular formula is C8H7ClF4N5S+. The zero-order valence-corrected chi connectivity index (χ0v) is 10.5. The molecule has 0 spiro atoms. The summed E-state index contributed by atoms with van der Waals surface area (Å²) in [6.45, 7) is 0. The van der Waals surface area contributed by atoms with Crippen LogP contribution in [-0.4, -0.2) is 14.5 Å². The molecule has 1 heterocycles. The lowest BCUT2D eigenvalue weighted by Gasteiger charge is -2.05. The maximum atomic E-state index is 13.7. The number of hydrogen-bond acceptors (Lipinski definition) is 2. The SMILES string of the molecule is Nc1c(F)c(F)c(-[s+]2cc(Cl)[nH]n(N)[nH]2)c(F)c1F. The van der Waals surface area contributed by atoms with Crippen molar-refractivity contribution in [2.45, 2.75) is 0 Å². The third kappa shape index (κ3) is 2.24. The van der Waals surface area contributed by atoms with Crippen molar-refractivity contribution in [2.24, 2.45) is 0 Å². The zero-order chi connectivity index (χ0) is 14.3. The lowest BCUT2D eigenvalue weighted by Crippen LogP contribution is -2.16. The number of nitrogens with two attached hydrogens (primary N) is 2. The van der Waals surface area contributed by atoms with E-state index in [0.29, 0.717) is 4.91 Å². The number of aromatic nitrogens is 3. The van der Waals surface area contributed by atoms with Gasteiger partial charge in [0.15, 0.2) is 16.8 Å². The smallest absolute Gasteiger partial charge is 0.279 e. The normalized spacial score (nSPS) is 11.7. The van der Waals surface area contributed by atoms with E-state index in [4.69, 9.17) is 23.2 Å². The molecule has 1 atom stereocenters. The first-order valence-electron chi connectivity index (χ1n) is 4.62. The summed E-state index contributed by atoms with van der Waals surface area (Å²) in [4.78, 5) is -0.185. The number of hydrogen-bond donors (Lipinski definition) is 4. The Morgan fingerprint density at radius 1 is 1.11 bits per heavy atom. The van der Waals surface area contributed by atoms with Gasteiger partial charge in [0.1, 0.15) is 16.4 Å². The first kappa shape index (κ1) is 13.6. The fourth-order valence-corrected chi connectivity index (χ4v) is 3.03. The van der Waals surface area contributed by atoms with Crippen molar-refractivity contribution in [1.82, 2.24) is 14.5 Å². The van der Waals surface area contributed by atoms with Crippen LogP contribution in [-0.2, 0) is 0 Å². The molecule has 1 aromatic heterocycles. The Morgan fingerprint density at radius 3 is 2.11 bits per heavy atom. The second-order valence-corrected chi connectivity index (χ2v) is 5.28. The van der Waals surface area contributed by atoms with Gasteiger partial charge in [-0.1, -0.05) is 21.0 Å². The highest BCUT2D eigenvalue weighted by atomic mass is 35.5. The number of nitrogen functional groups attached to an aromatic ring is 2. The van der Waals surface area contributed by atoms with E-state index in [0.717, 1.165) is 5.38 Å². The third-order valence-electron chi connectivity index (χ3n) is 2.12. The van der Waals surface area contributed by atoms with E-state index in [-0.39, 0.29) is 5.15 Å². The molecule has 0 fully saturated rings. The maximum absolute atomic E-state index is 13.7. The Labute approximate surface area is 111 Å². The summed E-state index contributed by atoms with van der Waals surface area (Å²) in [5.74, 6) is -1.26. The Hall–Kier alpha value is -1.81. The van der Waals surface area contributed by atoms with Gasteiger partial charge in [-0.3, -0.25) is 0 Å². The summed E-state index contributed by atoms with van der Waals surface area (Å²) in [7, 11) is -1.61. The van der Waals surface area contributed by atoms with Crippen molar-refractivity contribution in [2.75, 3.05) is 11.6 Å². The second-order valence-electron chi connectivity index (χ2n) is 3.38. The van der Waals surface area contributed by atoms with Crippen molar-refractivity contribution in [3.8, 4) is 4.90 Å². The number of benzene rings is 1. The molecule has 2 rings (SSSR count). The Morgan fingerprint density at radius 2 is 1.63 bits per heavy atom. The van der Waals surface area contributed by atoms with Gasteiger partial charge in [0.2, 0.25) is 17.0 Å². The summed E-state index contributed by atoms with van der Waals surface area (Å²) < 4.78 is 56.4. The van der Waals surface area contributed by atoms with E-state index in [2.05, 4.69) is 9.59 Å². The molecule has 0 saturated carbocycles. The van der Waals surface area contributed by atoms with Gasteiger partial charge in [-0.2, -0.15) is 8.78 Å². The van der Waals surface area contributed by atoms with Gasteiger partial charge < -0.3 is 11.6 Å². The molecule has 0 bridgehead atoms. The number of anilines is 1. The molecule has 6 N–H and O–H groups in total. The fourth-order valence-electron chi connectivity index (χ4n) is 1.33. The Balaban J connectivity index is 2.82. The van der Waals surface area contributed by atoms with Crippen LogP contribution in [0.3, 0.4) is 0 Å². The van der Waals surface area contributed by atoms with Crippen molar-refractivity contribution < 1.29 is 17.6 Å². The number of aromatic amines is 2. The number of nitrogens with one attached hydrogen (secondary N) is 2. The topological polar surface area (TPSA) is 88.6 Å². The predicted molar refractivity (Wildman–Crippen MR) is 64.0 cm³/mol. The van der Waals surface area contributed by atoms with Gasteiger partial charge in [0, 0.05) is 0 Å². The van der Waals surface area contributed by atoms with Crippen molar-refractivity contribution >= 4 is 28.0 Å². The molecule has 2 aromatic rings. The van der Waals surface area contributed by atoms with E-state index >= 15 is 0 Å². The molecular weight excluding hydrogens is 310 g/mol. The lowest BCUT2D eigenvalue weighted by molar-refractivity contribution is 0.467. The van der Waals surface area contributed by atoms with Crippen LogP contribution >= 0.6 is 22.3 Å². The Bertz CT molecular complexity index is 633. The quantitative estimate of drug-likeness (QED) is 0.214. The summed E-state index contributed by atoms with van der Waals surface area (Å²) in [5.41, 5.74) is 3.68. The van der Waals surface area contributed by atoms with Gasteiger partial charge in [0.05, 0.1) is 0 Å². The van der Waals surface area contributed by atoms with E-state index in [9.17, 15) is 17.6 Å². The van der Waals surface area contributed by atoms with E-state index in [1.165, 1.54) is 0 Å². The molecule has 0 aliphatic rings. The first-order valence-corrected chi connectivity index (χ1v) is 6.29. The van der Waals surface area contributed by atoms with Crippen molar-refractivity contribution in [3.63, 3.8) is 0 Å². The predicted octanol–water partition coefficient (Wildman–Crippen LogP) is 2.51. The molecule has 1 aromatic carbocycles. The number of nitrogens with zero attached hydrogens (tertiary/aromatic N) is 1. The summed E-state index contributed by atoms with van der Waals surface area (Å²) in [6, 6.07) is 0. The van der Waals surface area contributed by atoms with Crippen molar-refractivity contribution in [1.29, 1.82) is 0 Å². The van der Waals surface area contributed by atoms with Crippen LogP contribution < -0.4 is 11.6 Å². The monoisotopic (exact) mass is 316 g/mol. The first-order chi connectivity index (χ1) is 8.82. The van der Waals surface area contributed by atoms with Gasteiger partial charge in [-0.15, -0.1) is 0 Å². The van der Waals surface area contributed by atoms with Gasteiger partial charge in [-0.05, 0) is 0 Å². The molecule has 104 valence electrons. The Kier molecular flexibility index (Phi) is 3.37. The van der Waals surface area contributed by atoms with Crippen LogP contribution in [0.4, 0.5) is 23.2 Å². The highest BCUT2D eigenvalue weighted by Gasteiger charge is 2.32. The van der Waals surface area contributed by atoms with Crippen LogP contribution in [0.2, 0.25) is 5.15 Å². The van der Waals surface area contributed by atoms with E-state index < -0.39 is 44.5 Å². The van der Waals surface area contributed by atoms with Gasteiger partial charge in [-0.25, -0.2) is 13.9 Å².